The van der Waals surface area contributed by atoms with Gasteiger partial charge in [-0.3, -0.25) is 9.48 Å². The van der Waals surface area contributed by atoms with Crippen LogP contribution in [0.15, 0.2) is 24.3 Å². The molecule has 26 heavy (non-hydrogen) atoms. The zero-order chi connectivity index (χ0) is 18.9. The van der Waals surface area contributed by atoms with Gasteiger partial charge in [0.25, 0.3) is 0 Å². The molecule has 0 aliphatic heterocycles. The lowest BCUT2D eigenvalue weighted by atomic mass is 10.1. The van der Waals surface area contributed by atoms with Gasteiger partial charge in [0.05, 0.1) is 31.3 Å². The average molecular weight is 354 g/mol. The van der Waals surface area contributed by atoms with E-state index in [1.165, 1.54) is 0 Å². The third-order valence-electron chi connectivity index (χ3n) is 4.46. The van der Waals surface area contributed by atoms with Gasteiger partial charge in [0.1, 0.15) is 0 Å². The molecule has 0 bridgehead atoms. The second kappa shape index (κ2) is 9.73. The fourth-order valence-corrected chi connectivity index (χ4v) is 3.02. The summed E-state index contributed by atoms with van der Waals surface area (Å²) < 4.78 is 7.05. The monoisotopic (exact) mass is 354 g/mol. The molecule has 1 amide bonds. The van der Waals surface area contributed by atoms with Crippen LogP contribution >= 0.6 is 0 Å². The molecule has 1 aromatic carbocycles. The molecule has 1 N–H and O–H groups in total. The number of ether oxygens (including phenoxy) is 1. The number of rotatable bonds is 9. The topological polar surface area (TPSA) is 79.9 Å². The standard InChI is InChI=1S/C20H26N4O2/c1-15-19(16(2)24(23-15)12-6-11-21)9-10-20(25)22-13-17-7-4-5-8-18(17)14-26-3/h4-5,7-8H,6,9-10,12-14H2,1-3H3,(H,22,25). The van der Waals surface area contributed by atoms with Gasteiger partial charge in [-0.15, -0.1) is 0 Å². The number of benzene rings is 1. The Balaban J connectivity index is 1.90. The molecular formula is C20H26N4O2. The summed E-state index contributed by atoms with van der Waals surface area (Å²) in [6, 6.07) is 10.1. The molecule has 0 unspecified atom stereocenters. The fraction of sp³-hybridized carbons (Fsp3) is 0.450. The van der Waals surface area contributed by atoms with Crippen LogP contribution in [-0.2, 0) is 35.6 Å². The first-order valence-corrected chi connectivity index (χ1v) is 8.79. The van der Waals surface area contributed by atoms with E-state index in [-0.39, 0.29) is 5.91 Å². The number of amides is 1. The van der Waals surface area contributed by atoms with Crippen LogP contribution in [0.25, 0.3) is 0 Å². The van der Waals surface area contributed by atoms with E-state index < -0.39 is 0 Å². The quantitative estimate of drug-likeness (QED) is 0.751. The van der Waals surface area contributed by atoms with Crippen molar-refractivity contribution in [3.8, 4) is 6.07 Å². The fourth-order valence-electron chi connectivity index (χ4n) is 3.02. The number of hydrogen-bond donors (Lipinski definition) is 1. The molecule has 138 valence electrons. The SMILES string of the molecule is COCc1ccccc1CNC(=O)CCc1c(C)nn(CCC#N)c1C. The van der Waals surface area contributed by atoms with E-state index in [1.807, 2.05) is 42.8 Å². The molecule has 0 fully saturated rings. The number of nitriles is 1. The van der Waals surface area contributed by atoms with E-state index in [0.29, 0.717) is 39.0 Å². The zero-order valence-electron chi connectivity index (χ0n) is 15.7. The summed E-state index contributed by atoms with van der Waals surface area (Å²) in [7, 11) is 1.66. The highest BCUT2D eigenvalue weighted by atomic mass is 16.5. The number of methoxy groups -OCH3 is 1. The van der Waals surface area contributed by atoms with Gasteiger partial charge in [0.15, 0.2) is 0 Å². The highest BCUT2D eigenvalue weighted by Crippen LogP contribution is 2.16. The Labute approximate surface area is 154 Å². The van der Waals surface area contributed by atoms with Crippen molar-refractivity contribution >= 4 is 5.91 Å². The normalized spacial score (nSPS) is 10.5. The Morgan fingerprint density at radius 1 is 1.31 bits per heavy atom. The first kappa shape index (κ1) is 19.7. The maximum Gasteiger partial charge on any atom is 0.220 e. The number of carbonyl (C=O) groups excluding carboxylic acids is 1. The van der Waals surface area contributed by atoms with Crippen molar-refractivity contribution in [2.24, 2.45) is 0 Å². The molecule has 0 spiro atoms. The summed E-state index contributed by atoms with van der Waals surface area (Å²) in [6.07, 6.45) is 1.50. The number of hydrogen-bond acceptors (Lipinski definition) is 4. The van der Waals surface area contributed by atoms with Crippen LogP contribution in [0.3, 0.4) is 0 Å². The first-order chi connectivity index (χ1) is 12.6. The van der Waals surface area contributed by atoms with Gasteiger partial charge in [-0.2, -0.15) is 10.4 Å². The Kier molecular flexibility index (Phi) is 7.37. The van der Waals surface area contributed by atoms with Crippen LogP contribution < -0.4 is 5.32 Å². The summed E-state index contributed by atoms with van der Waals surface area (Å²) in [5.41, 5.74) is 5.22. The molecule has 0 aliphatic carbocycles. The Bertz CT molecular complexity index is 790. The molecule has 2 aromatic rings. The van der Waals surface area contributed by atoms with Gasteiger partial charge in [0, 0.05) is 25.8 Å². The number of aryl methyl sites for hydroxylation is 2. The number of carbonyl (C=O) groups is 1. The van der Waals surface area contributed by atoms with Crippen molar-refractivity contribution in [2.75, 3.05) is 7.11 Å². The number of nitrogens with zero attached hydrogens (tertiary/aromatic N) is 3. The van der Waals surface area contributed by atoms with Gasteiger partial charge in [-0.05, 0) is 37.0 Å². The van der Waals surface area contributed by atoms with Crippen LogP contribution in [0.1, 0.15) is 40.9 Å². The van der Waals surface area contributed by atoms with Crippen LogP contribution in [0.5, 0.6) is 0 Å². The largest absolute Gasteiger partial charge is 0.380 e. The van der Waals surface area contributed by atoms with Crippen LogP contribution in [0.4, 0.5) is 0 Å². The average Bonchev–Trinajstić information content (AvgIpc) is 2.91. The predicted molar refractivity (Wildman–Crippen MR) is 99.3 cm³/mol. The molecule has 6 heteroatoms. The van der Waals surface area contributed by atoms with Gasteiger partial charge >= 0.3 is 0 Å². The smallest absolute Gasteiger partial charge is 0.220 e. The second-order valence-corrected chi connectivity index (χ2v) is 6.26. The summed E-state index contributed by atoms with van der Waals surface area (Å²) in [6.45, 7) is 5.56. The number of nitrogens with one attached hydrogen (secondary N) is 1. The molecule has 0 saturated carbocycles. The number of aromatic nitrogens is 2. The van der Waals surface area contributed by atoms with E-state index in [1.54, 1.807) is 7.11 Å². The zero-order valence-corrected chi connectivity index (χ0v) is 15.7. The van der Waals surface area contributed by atoms with Crippen molar-refractivity contribution in [1.29, 1.82) is 5.26 Å². The molecule has 0 aliphatic rings. The van der Waals surface area contributed by atoms with E-state index in [2.05, 4.69) is 16.5 Å². The van der Waals surface area contributed by atoms with E-state index in [9.17, 15) is 4.79 Å². The lowest BCUT2D eigenvalue weighted by molar-refractivity contribution is -0.121. The van der Waals surface area contributed by atoms with Crippen LogP contribution in [0, 0.1) is 25.2 Å². The molecule has 6 nitrogen and oxygen atoms in total. The molecule has 1 heterocycles. The first-order valence-electron chi connectivity index (χ1n) is 8.79. The minimum atomic E-state index is 0.0146. The third-order valence-corrected chi connectivity index (χ3v) is 4.46. The van der Waals surface area contributed by atoms with Gasteiger partial charge in [-0.1, -0.05) is 24.3 Å². The second-order valence-electron chi connectivity index (χ2n) is 6.26. The van der Waals surface area contributed by atoms with Crippen molar-refractivity contribution in [2.45, 2.75) is 52.8 Å². The third kappa shape index (κ3) is 5.17. The molecular weight excluding hydrogens is 328 g/mol. The summed E-state index contributed by atoms with van der Waals surface area (Å²) in [5.74, 6) is 0.0146. The highest BCUT2D eigenvalue weighted by molar-refractivity contribution is 5.76. The van der Waals surface area contributed by atoms with E-state index in [0.717, 1.165) is 28.1 Å². The summed E-state index contributed by atoms with van der Waals surface area (Å²) in [4.78, 5) is 12.2. The van der Waals surface area contributed by atoms with E-state index in [4.69, 9.17) is 10.00 Å². The van der Waals surface area contributed by atoms with Gasteiger partial charge in [0.2, 0.25) is 5.91 Å². The van der Waals surface area contributed by atoms with E-state index >= 15 is 0 Å². The molecule has 0 radical (unpaired) electrons. The van der Waals surface area contributed by atoms with Crippen LogP contribution in [0.2, 0.25) is 0 Å². The van der Waals surface area contributed by atoms with Gasteiger partial charge in [-0.25, -0.2) is 0 Å². The molecule has 2 rings (SSSR count). The Hall–Kier alpha value is -2.65. The minimum absolute atomic E-state index is 0.0146. The van der Waals surface area contributed by atoms with Crippen molar-refractivity contribution in [3.63, 3.8) is 0 Å². The van der Waals surface area contributed by atoms with Crippen molar-refractivity contribution in [3.05, 3.63) is 52.3 Å². The highest BCUT2D eigenvalue weighted by Gasteiger charge is 2.13. The Morgan fingerprint density at radius 2 is 2.04 bits per heavy atom. The molecule has 1 aromatic heterocycles. The lowest BCUT2D eigenvalue weighted by Gasteiger charge is -2.10. The predicted octanol–water partition coefficient (Wildman–Crippen LogP) is 2.81. The van der Waals surface area contributed by atoms with Crippen molar-refractivity contribution < 1.29 is 9.53 Å². The Morgan fingerprint density at radius 3 is 2.73 bits per heavy atom. The van der Waals surface area contributed by atoms with Crippen molar-refractivity contribution in [1.82, 2.24) is 15.1 Å². The minimum Gasteiger partial charge on any atom is -0.380 e. The maximum absolute atomic E-state index is 12.2. The summed E-state index contributed by atoms with van der Waals surface area (Å²) >= 11 is 0. The molecule has 0 saturated heterocycles. The lowest BCUT2D eigenvalue weighted by Crippen LogP contribution is -2.23. The van der Waals surface area contributed by atoms with Gasteiger partial charge < -0.3 is 10.1 Å². The maximum atomic E-state index is 12.2. The summed E-state index contributed by atoms with van der Waals surface area (Å²) in [5, 5.41) is 16.2. The molecule has 0 atom stereocenters. The van der Waals surface area contributed by atoms with Crippen LogP contribution in [-0.4, -0.2) is 22.8 Å².